The first kappa shape index (κ1) is 23.9. The molecule has 1 fully saturated rings. The number of aromatic nitrogens is 4. The maximum atomic E-state index is 13.5. The first-order chi connectivity index (χ1) is 15.7. The molecule has 0 radical (unpaired) electrons. The summed E-state index contributed by atoms with van der Waals surface area (Å²) < 4.78 is 8.21. The highest BCUT2D eigenvalue weighted by Gasteiger charge is 2.23. The van der Waals surface area contributed by atoms with Crippen LogP contribution in [0.4, 0.5) is 5.13 Å². The molecular formula is C22H25ClN6O2S2. The van der Waals surface area contributed by atoms with Crippen molar-refractivity contribution < 1.29 is 9.53 Å². The SMILES string of the molecule is CSc1ccc2nc(N(CCN3CCOCC3)C(=O)Cn3nnc4ccccc43)sc2c1.Cl. The summed E-state index contributed by atoms with van der Waals surface area (Å²) in [4.78, 5) is 23.6. The van der Waals surface area contributed by atoms with E-state index in [0.29, 0.717) is 6.54 Å². The number of morpholine rings is 1. The molecule has 174 valence electrons. The van der Waals surface area contributed by atoms with E-state index in [1.165, 1.54) is 4.90 Å². The number of carbonyl (C=O) groups is 1. The Labute approximate surface area is 206 Å². The monoisotopic (exact) mass is 504 g/mol. The van der Waals surface area contributed by atoms with Gasteiger partial charge in [-0.3, -0.25) is 14.6 Å². The van der Waals surface area contributed by atoms with Crippen molar-refractivity contribution in [3.8, 4) is 0 Å². The van der Waals surface area contributed by atoms with Crippen molar-refractivity contribution in [3.05, 3.63) is 42.5 Å². The number of halogens is 1. The van der Waals surface area contributed by atoms with Crippen LogP contribution < -0.4 is 4.90 Å². The lowest BCUT2D eigenvalue weighted by Gasteiger charge is -2.29. The summed E-state index contributed by atoms with van der Waals surface area (Å²) in [5.41, 5.74) is 2.55. The molecule has 1 amide bonds. The molecule has 1 aliphatic heterocycles. The number of nitrogens with zero attached hydrogens (tertiary/aromatic N) is 6. The van der Waals surface area contributed by atoms with Gasteiger partial charge in [-0.25, -0.2) is 9.67 Å². The van der Waals surface area contributed by atoms with Crippen LogP contribution in [0.3, 0.4) is 0 Å². The summed E-state index contributed by atoms with van der Waals surface area (Å²) in [7, 11) is 0. The zero-order chi connectivity index (χ0) is 21.9. The van der Waals surface area contributed by atoms with Gasteiger partial charge in [0.2, 0.25) is 0 Å². The van der Waals surface area contributed by atoms with Crippen molar-refractivity contribution in [1.29, 1.82) is 0 Å². The molecule has 0 atom stereocenters. The molecule has 8 nitrogen and oxygen atoms in total. The van der Waals surface area contributed by atoms with Gasteiger partial charge in [0.05, 0.1) is 28.9 Å². The molecule has 0 spiro atoms. The number of fused-ring (bicyclic) bond motifs is 2. The van der Waals surface area contributed by atoms with Crippen molar-refractivity contribution in [2.75, 3.05) is 50.5 Å². The molecule has 0 N–H and O–H groups in total. The number of hydrogen-bond donors (Lipinski definition) is 0. The smallest absolute Gasteiger partial charge is 0.250 e. The van der Waals surface area contributed by atoms with Crippen molar-refractivity contribution in [2.45, 2.75) is 11.4 Å². The molecule has 11 heteroatoms. The first-order valence-electron chi connectivity index (χ1n) is 10.5. The van der Waals surface area contributed by atoms with Gasteiger partial charge in [0.1, 0.15) is 12.1 Å². The molecular weight excluding hydrogens is 480 g/mol. The molecule has 0 saturated carbocycles. The van der Waals surface area contributed by atoms with Gasteiger partial charge < -0.3 is 4.74 Å². The number of amides is 1. The number of thioether (sulfide) groups is 1. The number of hydrogen-bond acceptors (Lipinski definition) is 8. The Balaban J connectivity index is 0.00000259. The number of benzene rings is 2. The van der Waals surface area contributed by atoms with Gasteiger partial charge in [0, 0.05) is 31.1 Å². The summed E-state index contributed by atoms with van der Waals surface area (Å²) in [5.74, 6) is -0.0435. The Bertz CT molecular complexity index is 1240. The third-order valence-corrected chi connectivity index (χ3v) is 7.33. The minimum absolute atomic E-state index is 0. The van der Waals surface area contributed by atoms with Gasteiger partial charge in [-0.15, -0.1) is 29.3 Å². The van der Waals surface area contributed by atoms with Gasteiger partial charge in [-0.1, -0.05) is 28.7 Å². The van der Waals surface area contributed by atoms with Gasteiger partial charge in [0.15, 0.2) is 5.13 Å². The second kappa shape index (κ2) is 10.8. The lowest BCUT2D eigenvalue weighted by atomic mass is 10.3. The molecule has 5 rings (SSSR count). The molecule has 2 aromatic heterocycles. The van der Waals surface area contributed by atoms with Crippen molar-refractivity contribution in [3.63, 3.8) is 0 Å². The quantitative estimate of drug-likeness (QED) is 0.356. The average Bonchev–Trinajstić information content (AvgIpc) is 3.43. The van der Waals surface area contributed by atoms with Crippen LogP contribution in [-0.4, -0.2) is 76.4 Å². The van der Waals surface area contributed by atoms with Crippen LogP contribution in [0.25, 0.3) is 21.3 Å². The van der Waals surface area contributed by atoms with Gasteiger partial charge >= 0.3 is 0 Å². The molecule has 0 unspecified atom stereocenters. The van der Waals surface area contributed by atoms with Crippen LogP contribution in [0.2, 0.25) is 0 Å². The fraction of sp³-hybridized carbons (Fsp3) is 0.364. The molecule has 0 bridgehead atoms. The predicted octanol–water partition coefficient (Wildman–Crippen LogP) is 3.55. The zero-order valence-corrected chi connectivity index (χ0v) is 20.7. The Morgan fingerprint density at radius 1 is 1.18 bits per heavy atom. The normalized spacial score (nSPS) is 14.5. The third-order valence-electron chi connectivity index (χ3n) is 5.57. The van der Waals surface area contributed by atoms with Crippen molar-refractivity contribution in [2.24, 2.45) is 0 Å². The number of ether oxygens (including phenoxy) is 1. The second-order valence-electron chi connectivity index (χ2n) is 7.57. The Hall–Kier alpha value is -2.24. The van der Waals surface area contributed by atoms with Crippen LogP contribution in [0.1, 0.15) is 0 Å². The largest absolute Gasteiger partial charge is 0.379 e. The molecule has 2 aromatic carbocycles. The predicted molar refractivity (Wildman–Crippen MR) is 136 cm³/mol. The molecule has 1 saturated heterocycles. The summed E-state index contributed by atoms with van der Waals surface area (Å²) >= 11 is 3.26. The lowest BCUT2D eigenvalue weighted by molar-refractivity contribution is -0.119. The highest BCUT2D eigenvalue weighted by Crippen LogP contribution is 2.32. The van der Waals surface area contributed by atoms with Crippen LogP contribution in [0.15, 0.2) is 47.4 Å². The number of thiazole rings is 1. The minimum Gasteiger partial charge on any atom is -0.379 e. The summed E-state index contributed by atoms with van der Waals surface area (Å²) in [5, 5.41) is 9.10. The molecule has 3 heterocycles. The van der Waals surface area contributed by atoms with Crippen LogP contribution in [-0.2, 0) is 16.1 Å². The molecule has 0 aliphatic carbocycles. The van der Waals surface area contributed by atoms with E-state index in [0.717, 1.165) is 59.2 Å². The zero-order valence-electron chi connectivity index (χ0n) is 18.2. The average molecular weight is 505 g/mol. The first-order valence-corrected chi connectivity index (χ1v) is 12.6. The maximum Gasteiger partial charge on any atom is 0.250 e. The maximum absolute atomic E-state index is 13.5. The van der Waals surface area contributed by atoms with E-state index < -0.39 is 0 Å². The van der Waals surface area contributed by atoms with Crippen molar-refractivity contribution >= 4 is 67.8 Å². The van der Waals surface area contributed by atoms with Crippen LogP contribution in [0, 0.1) is 0 Å². The van der Waals surface area contributed by atoms with E-state index in [9.17, 15) is 4.79 Å². The van der Waals surface area contributed by atoms with E-state index >= 15 is 0 Å². The van der Waals surface area contributed by atoms with E-state index in [-0.39, 0.29) is 24.9 Å². The van der Waals surface area contributed by atoms with Gasteiger partial charge in [0.25, 0.3) is 5.91 Å². The van der Waals surface area contributed by atoms with E-state index in [1.807, 2.05) is 30.3 Å². The van der Waals surface area contributed by atoms with Crippen molar-refractivity contribution in [1.82, 2.24) is 24.9 Å². The molecule has 33 heavy (non-hydrogen) atoms. The van der Waals surface area contributed by atoms with Crippen LogP contribution >= 0.6 is 35.5 Å². The van der Waals surface area contributed by atoms with E-state index in [2.05, 4.69) is 33.6 Å². The summed E-state index contributed by atoms with van der Waals surface area (Å²) in [6.45, 7) is 4.70. The van der Waals surface area contributed by atoms with E-state index in [1.54, 1.807) is 32.7 Å². The Morgan fingerprint density at radius 2 is 2.00 bits per heavy atom. The lowest BCUT2D eigenvalue weighted by Crippen LogP contribution is -2.44. The second-order valence-corrected chi connectivity index (χ2v) is 9.45. The number of para-hydroxylation sites is 1. The van der Waals surface area contributed by atoms with E-state index in [4.69, 9.17) is 9.72 Å². The number of anilines is 1. The Kier molecular flexibility index (Phi) is 7.82. The number of rotatable bonds is 7. The topological polar surface area (TPSA) is 76.4 Å². The molecule has 1 aliphatic rings. The highest BCUT2D eigenvalue weighted by atomic mass is 35.5. The Morgan fingerprint density at radius 3 is 2.82 bits per heavy atom. The van der Waals surface area contributed by atoms with Crippen LogP contribution in [0.5, 0.6) is 0 Å². The third kappa shape index (κ3) is 5.30. The summed E-state index contributed by atoms with van der Waals surface area (Å²) in [6.07, 6.45) is 2.06. The standard InChI is InChI=1S/C22H24N6O2S2.ClH/c1-31-16-6-7-18-20(14-16)32-22(23-18)27(9-8-26-10-12-30-13-11-26)21(29)15-28-19-5-3-2-4-17(19)24-25-28;/h2-7,14H,8-13,15H2,1H3;1H. The molecule has 4 aromatic rings. The minimum atomic E-state index is -0.0435. The van der Waals surface area contributed by atoms with Gasteiger partial charge in [-0.2, -0.15) is 0 Å². The fourth-order valence-electron chi connectivity index (χ4n) is 3.78. The summed E-state index contributed by atoms with van der Waals surface area (Å²) in [6, 6.07) is 13.9. The number of carbonyl (C=O) groups excluding carboxylic acids is 1. The highest BCUT2D eigenvalue weighted by molar-refractivity contribution is 7.98. The fourth-order valence-corrected chi connectivity index (χ4v) is 5.34. The van der Waals surface area contributed by atoms with Gasteiger partial charge in [-0.05, 0) is 36.6 Å².